The highest BCUT2D eigenvalue weighted by atomic mass is 35.5. The van der Waals surface area contributed by atoms with Crippen LogP contribution in [0.25, 0.3) is 54.6 Å². The SMILES string of the molecule is O=Cc1c(Cl)cc(OCCOCCn2c(=O)c3ccc4oc5ccc(-c6ccc(C(F)(F)F)cc6)cc5c5ccc(c2=O)c3c45)cc1Cl. The minimum atomic E-state index is -4.44. The second kappa shape index (κ2) is 12.3. The van der Waals surface area contributed by atoms with Gasteiger partial charge in [-0.1, -0.05) is 47.5 Å². The molecule has 0 saturated carbocycles. The Labute approximate surface area is 278 Å². The monoisotopic (exact) mass is 691 g/mol. The van der Waals surface area contributed by atoms with Gasteiger partial charge in [-0.05, 0) is 71.1 Å². The summed E-state index contributed by atoms with van der Waals surface area (Å²) in [6.07, 6.45) is -3.88. The van der Waals surface area contributed by atoms with Gasteiger partial charge in [0.15, 0.2) is 6.29 Å². The van der Waals surface area contributed by atoms with E-state index < -0.39 is 22.9 Å². The molecule has 0 aliphatic rings. The zero-order valence-electron chi connectivity index (χ0n) is 24.7. The number of hydrogen-bond acceptors (Lipinski definition) is 6. The summed E-state index contributed by atoms with van der Waals surface area (Å²) in [5, 5.41) is 3.52. The summed E-state index contributed by atoms with van der Waals surface area (Å²) in [5.74, 6) is 0.361. The van der Waals surface area contributed by atoms with Crippen LogP contribution in [0.2, 0.25) is 10.0 Å². The lowest BCUT2D eigenvalue weighted by atomic mass is 9.95. The summed E-state index contributed by atoms with van der Waals surface area (Å²) in [6, 6.07) is 20.0. The summed E-state index contributed by atoms with van der Waals surface area (Å²) in [7, 11) is 0. The number of halogens is 5. The molecule has 0 unspecified atom stereocenters. The molecule has 7 aromatic rings. The molecule has 0 amide bonds. The second-order valence-corrected chi connectivity index (χ2v) is 11.9. The van der Waals surface area contributed by atoms with Crippen LogP contribution in [0.1, 0.15) is 15.9 Å². The Morgan fingerprint density at radius 2 is 1.33 bits per heavy atom. The summed E-state index contributed by atoms with van der Waals surface area (Å²) in [4.78, 5) is 38.3. The minimum Gasteiger partial charge on any atom is -0.491 e. The zero-order chi connectivity index (χ0) is 33.7. The fourth-order valence-corrected chi connectivity index (χ4v) is 6.48. The maximum atomic E-state index is 13.6. The van der Waals surface area contributed by atoms with Gasteiger partial charge in [-0.3, -0.25) is 19.0 Å². The summed E-state index contributed by atoms with van der Waals surface area (Å²) in [5.41, 5.74) is 0.795. The van der Waals surface area contributed by atoms with Crippen molar-refractivity contribution in [3.63, 3.8) is 0 Å². The first kappa shape index (κ1) is 31.7. The predicted molar refractivity (Wildman–Crippen MR) is 179 cm³/mol. The van der Waals surface area contributed by atoms with Crippen molar-refractivity contribution in [1.29, 1.82) is 0 Å². The van der Waals surface area contributed by atoms with Crippen molar-refractivity contribution in [3.05, 3.63) is 121 Å². The molecule has 7 rings (SSSR count). The van der Waals surface area contributed by atoms with E-state index in [9.17, 15) is 27.6 Å². The second-order valence-electron chi connectivity index (χ2n) is 11.1. The molecule has 0 aliphatic carbocycles. The molecule has 0 spiro atoms. The van der Waals surface area contributed by atoms with Crippen LogP contribution in [-0.4, -0.2) is 30.7 Å². The van der Waals surface area contributed by atoms with Gasteiger partial charge in [0, 0.05) is 26.9 Å². The number of aldehydes is 1. The standard InChI is InChI=1S/C36H22Cl2F3NO6/c37-28-16-22(17-29(38)27(28)18-43)47-14-13-46-12-11-42-34(44)24-7-6-23-26-15-20(19-1-4-21(5-2-19)36(39,40)41)3-9-30(26)48-31-10-8-25(35(42)45)32(24)33(23)31/h1-10,15-18H,11-14H2. The van der Waals surface area contributed by atoms with Gasteiger partial charge in [-0.2, -0.15) is 13.2 Å². The van der Waals surface area contributed by atoms with Gasteiger partial charge in [0.25, 0.3) is 11.1 Å². The van der Waals surface area contributed by atoms with Crippen molar-refractivity contribution in [2.45, 2.75) is 12.7 Å². The Kier molecular flexibility index (Phi) is 8.11. The smallest absolute Gasteiger partial charge is 0.416 e. The van der Waals surface area contributed by atoms with Crippen molar-refractivity contribution in [2.75, 3.05) is 19.8 Å². The zero-order valence-corrected chi connectivity index (χ0v) is 26.2. The molecular weight excluding hydrogens is 670 g/mol. The number of nitrogens with zero attached hydrogens (tertiary/aromatic N) is 1. The first-order chi connectivity index (χ1) is 23.0. The Morgan fingerprint density at radius 1 is 0.708 bits per heavy atom. The van der Waals surface area contributed by atoms with E-state index in [2.05, 4.69) is 0 Å². The van der Waals surface area contributed by atoms with Crippen molar-refractivity contribution < 1.29 is 31.9 Å². The van der Waals surface area contributed by atoms with E-state index in [0.29, 0.717) is 61.3 Å². The Bertz CT molecular complexity index is 2430. The molecular formula is C36H22Cl2F3NO6. The van der Waals surface area contributed by atoms with Crippen LogP contribution in [0.5, 0.6) is 5.75 Å². The van der Waals surface area contributed by atoms with Gasteiger partial charge in [-0.25, -0.2) is 0 Å². The molecule has 0 bridgehead atoms. The first-order valence-electron chi connectivity index (χ1n) is 14.7. The lowest BCUT2D eigenvalue weighted by Crippen LogP contribution is -2.34. The Balaban J connectivity index is 1.16. The normalized spacial score (nSPS) is 12.1. The first-order valence-corrected chi connectivity index (χ1v) is 15.4. The number of hydrogen-bond donors (Lipinski definition) is 0. The minimum absolute atomic E-state index is 0.00358. The lowest BCUT2D eigenvalue weighted by Gasteiger charge is -2.15. The molecule has 0 radical (unpaired) electrons. The number of benzene rings is 5. The third-order valence-electron chi connectivity index (χ3n) is 8.23. The van der Waals surface area contributed by atoms with Crippen LogP contribution >= 0.6 is 23.2 Å². The van der Waals surface area contributed by atoms with E-state index in [1.165, 1.54) is 24.3 Å². The highest BCUT2D eigenvalue weighted by Crippen LogP contribution is 2.39. The van der Waals surface area contributed by atoms with E-state index in [1.807, 2.05) is 6.07 Å². The van der Waals surface area contributed by atoms with E-state index in [4.69, 9.17) is 37.1 Å². The highest BCUT2D eigenvalue weighted by Gasteiger charge is 2.30. The van der Waals surface area contributed by atoms with E-state index in [-0.39, 0.29) is 42.0 Å². The topological polar surface area (TPSA) is 87.7 Å². The molecule has 7 nitrogen and oxygen atoms in total. The largest absolute Gasteiger partial charge is 0.491 e. The highest BCUT2D eigenvalue weighted by molar-refractivity contribution is 6.38. The van der Waals surface area contributed by atoms with Crippen molar-refractivity contribution in [3.8, 4) is 16.9 Å². The maximum Gasteiger partial charge on any atom is 0.416 e. The van der Waals surface area contributed by atoms with Crippen molar-refractivity contribution in [1.82, 2.24) is 4.57 Å². The third-order valence-corrected chi connectivity index (χ3v) is 8.86. The fraction of sp³-hybridized carbons (Fsp3) is 0.139. The lowest BCUT2D eigenvalue weighted by molar-refractivity contribution is -0.137. The average molecular weight is 692 g/mol. The van der Waals surface area contributed by atoms with Gasteiger partial charge >= 0.3 is 6.18 Å². The van der Waals surface area contributed by atoms with Crippen LogP contribution in [0.15, 0.2) is 92.9 Å². The maximum absolute atomic E-state index is 13.6. The van der Waals surface area contributed by atoms with Crippen LogP contribution in [0.3, 0.4) is 0 Å². The quantitative estimate of drug-likeness (QED) is 0.0651. The molecule has 0 atom stereocenters. The molecule has 0 fully saturated rings. The van der Waals surface area contributed by atoms with Gasteiger partial charge in [0.2, 0.25) is 0 Å². The summed E-state index contributed by atoms with van der Waals surface area (Å²) < 4.78 is 57.8. The third kappa shape index (κ3) is 5.55. The van der Waals surface area contributed by atoms with Crippen LogP contribution in [0, 0.1) is 0 Å². The van der Waals surface area contributed by atoms with Crippen LogP contribution < -0.4 is 15.9 Å². The molecule has 48 heavy (non-hydrogen) atoms. The number of aromatic nitrogens is 1. The molecule has 2 heterocycles. The number of rotatable bonds is 9. The number of alkyl halides is 3. The van der Waals surface area contributed by atoms with Gasteiger partial charge in [0.1, 0.15) is 23.5 Å². The summed E-state index contributed by atoms with van der Waals surface area (Å²) >= 11 is 12.1. The van der Waals surface area contributed by atoms with E-state index >= 15 is 0 Å². The number of carbonyl (C=O) groups is 1. The fourth-order valence-electron chi connectivity index (χ4n) is 5.93. The number of pyridine rings is 1. The number of fused-ring (bicyclic) bond motifs is 2. The van der Waals surface area contributed by atoms with Crippen molar-refractivity contribution in [2.24, 2.45) is 0 Å². The molecule has 0 aliphatic heterocycles. The summed E-state index contributed by atoms with van der Waals surface area (Å²) in [6.45, 7) is 0.337. The molecule has 5 aromatic carbocycles. The number of ether oxygens (including phenoxy) is 2. The Hall–Kier alpha value is -4.90. The molecule has 0 N–H and O–H groups in total. The van der Waals surface area contributed by atoms with Gasteiger partial charge in [-0.15, -0.1) is 0 Å². The van der Waals surface area contributed by atoms with E-state index in [0.717, 1.165) is 22.1 Å². The Morgan fingerprint density at radius 3 is 2.00 bits per heavy atom. The molecule has 242 valence electrons. The van der Waals surface area contributed by atoms with Gasteiger partial charge in [0.05, 0.1) is 40.9 Å². The van der Waals surface area contributed by atoms with Crippen LogP contribution in [-0.2, 0) is 17.5 Å². The molecule has 0 saturated heterocycles. The average Bonchev–Trinajstić information content (AvgIpc) is 3.06. The van der Waals surface area contributed by atoms with E-state index in [1.54, 1.807) is 36.4 Å². The molecule has 12 heteroatoms. The molecule has 2 aromatic heterocycles. The number of carbonyl (C=O) groups excluding carboxylic acids is 1. The van der Waals surface area contributed by atoms with Gasteiger partial charge < -0.3 is 13.9 Å². The van der Waals surface area contributed by atoms with Crippen LogP contribution in [0.4, 0.5) is 13.2 Å². The predicted octanol–water partition coefficient (Wildman–Crippen LogP) is 8.75. The van der Waals surface area contributed by atoms with Crippen molar-refractivity contribution >= 4 is 73.0 Å².